The topological polar surface area (TPSA) is 110 Å². The standard InChI is InChI=1S/C30H22O9/c1-34-16-7-9-21-19(12-16)27(32)20(14-37-21)18-13-25(31)38-22-10-8-17-28(33)24(39-30(17)26(18)22)11-15-5-4-6-23(35-2)29(15)36-3/h4-12,14,18H,13H2,1-3H3/b24-11-/t18-/m1/s1. The van der Waals surface area contributed by atoms with Crippen LogP contribution < -0.4 is 29.1 Å². The molecule has 0 radical (unpaired) electrons. The largest absolute Gasteiger partial charge is 0.497 e. The van der Waals surface area contributed by atoms with Gasteiger partial charge in [0.05, 0.1) is 45.0 Å². The van der Waals surface area contributed by atoms with Crippen LogP contribution in [0.2, 0.25) is 0 Å². The molecule has 0 saturated carbocycles. The van der Waals surface area contributed by atoms with Gasteiger partial charge in [-0.05, 0) is 42.5 Å². The van der Waals surface area contributed by atoms with Gasteiger partial charge >= 0.3 is 5.97 Å². The molecule has 0 fully saturated rings. The predicted molar refractivity (Wildman–Crippen MR) is 140 cm³/mol. The second-order valence-corrected chi connectivity index (χ2v) is 8.99. The molecule has 39 heavy (non-hydrogen) atoms. The minimum atomic E-state index is -0.762. The van der Waals surface area contributed by atoms with Crippen molar-refractivity contribution in [1.29, 1.82) is 0 Å². The molecule has 0 aliphatic carbocycles. The Kier molecular flexibility index (Phi) is 5.83. The van der Waals surface area contributed by atoms with Crippen molar-refractivity contribution in [3.8, 4) is 28.7 Å². The van der Waals surface area contributed by atoms with Crippen molar-refractivity contribution in [2.75, 3.05) is 21.3 Å². The minimum absolute atomic E-state index is 0.0517. The number of ether oxygens (including phenoxy) is 5. The summed E-state index contributed by atoms with van der Waals surface area (Å²) in [4.78, 5) is 39.6. The molecule has 6 rings (SSSR count). The summed E-state index contributed by atoms with van der Waals surface area (Å²) in [5, 5.41) is 0.308. The number of esters is 1. The third kappa shape index (κ3) is 3.90. The number of carbonyl (C=O) groups excluding carboxylic acids is 2. The van der Waals surface area contributed by atoms with Gasteiger partial charge < -0.3 is 28.1 Å². The number of benzene rings is 3. The van der Waals surface area contributed by atoms with Crippen molar-refractivity contribution >= 4 is 28.8 Å². The Bertz CT molecular complexity index is 1760. The molecule has 0 N–H and O–H groups in total. The molecule has 3 aromatic carbocycles. The highest BCUT2D eigenvalue weighted by Crippen LogP contribution is 2.49. The zero-order valence-corrected chi connectivity index (χ0v) is 21.2. The van der Waals surface area contributed by atoms with Crippen LogP contribution in [0.5, 0.6) is 28.7 Å². The number of methoxy groups -OCH3 is 3. The maximum atomic E-state index is 13.6. The third-order valence-corrected chi connectivity index (χ3v) is 6.88. The zero-order chi connectivity index (χ0) is 27.3. The lowest BCUT2D eigenvalue weighted by Crippen LogP contribution is -2.25. The highest BCUT2D eigenvalue weighted by Gasteiger charge is 2.39. The second kappa shape index (κ2) is 9.36. The number of fused-ring (bicyclic) bond motifs is 4. The predicted octanol–water partition coefficient (Wildman–Crippen LogP) is 4.88. The maximum absolute atomic E-state index is 13.6. The van der Waals surface area contributed by atoms with Gasteiger partial charge in [0, 0.05) is 22.6 Å². The summed E-state index contributed by atoms with van der Waals surface area (Å²) in [6.07, 6.45) is 2.78. The molecular formula is C30H22O9. The molecule has 9 nitrogen and oxygen atoms in total. The van der Waals surface area contributed by atoms with Crippen LogP contribution in [0.15, 0.2) is 69.8 Å². The van der Waals surface area contributed by atoms with E-state index in [9.17, 15) is 14.4 Å². The Morgan fingerprint density at radius 3 is 2.54 bits per heavy atom. The molecule has 3 heterocycles. The third-order valence-electron chi connectivity index (χ3n) is 6.88. The van der Waals surface area contributed by atoms with Crippen LogP contribution in [-0.2, 0) is 4.79 Å². The molecule has 196 valence electrons. The van der Waals surface area contributed by atoms with Gasteiger partial charge in [-0.3, -0.25) is 14.4 Å². The first-order valence-electron chi connectivity index (χ1n) is 12.1. The van der Waals surface area contributed by atoms with Crippen LogP contribution in [0.25, 0.3) is 17.0 Å². The van der Waals surface area contributed by atoms with E-state index in [0.717, 1.165) is 0 Å². The van der Waals surface area contributed by atoms with E-state index in [1.807, 2.05) is 0 Å². The number of para-hydroxylation sites is 1. The van der Waals surface area contributed by atoms with Crippen molar-refractivity contribution < 1.29 is 37.7 Å². The highest BCUT2D eigenvalue weighted by atomic mass is 16.5. The number of hydrogen-bond acceptors (Lipinski definition) is 9. The Balaban J connectivity index is 1.49. The molecule has 1 aromatic heterocycles. The van der Waals surface area contributed by atoms with E-state index in [1.54, 1.807) is 54.6 Å². The van der Waals surface area contributed by atoms with E-state index in [2.05, 4.69) is 0 Å². The lowest BCUT2D eigenvalue weighted by molar-refractivity contribution is -0.135. The summed E-state index contributed by atoms with van der Waals surface area (Å²) >= 11 is 0. The first-order chi connectivity index (χ1) is 18.9. The quantitative estimate of drug-likeness (QED) is 0.204. The fourth-order valence-electron chi connectivity index (χ4n) is 5.03. The SMILES string of the molecule is COc1ccc2occ([C@H]3CC(=O)Oc4ccc5c(c43)O/C(=C\c3cccc(OC)c3OC)C5=O)c(=O)c2c1. The molecule has 2 aliphatic rings. The molecule has 9 heteroatoms. The first kappa shape index (κ1) is 24.3. The Morgan fingerprint density at radius 1 is 0.923 bits per heavy atom. The number of hydrogen-bond donors (Lipinski definition) is 0. The summed E-state index contributed by atoms with van der Waals surface area (Å²) in [5.74, 6) is 0.297. The average Bonchev–Trinajstić information content (AvgIpc) is 3.27. The molecule has 0 bridgehead atoms. The molecule has 0 amide bonds. The van der Waals surface area contributed by atoms with E-state index in [0.29, 0.717) is 39.3 Å². The number of carbonyl (C=O) groups is 2. The summed E-state index contributed by atoms with van der Waals surface area (Å²) in [6.45, 7) is 0. The molecule has 0 unspecified atom stereocenters. The summed E-state index contributed by atoms with van der Waals surface area (Å²) in [5.41, 5.74) is 1.59. The van der Waals surface area contributed by atoms with Crippen molar-refractivity contribution in [3.63, 3.8) is 0 Å². The van der Waals surface area contributed by atoms with Crippen LogP contribution in [0.4, 0.5) is 0 Å². The van der Waals surface area contributed by atoms with Gasteiger partial charge in [0.2, 0.25) is 5.78 Å². The van der Waals surface area contributed by atoms with Gasteiger partial charge in [-0.1, -0.05) is 12.1 Å². The second-order valence-electron chi connectivity index (χ2n) is 8.99. The van der Waals surface area contributed by atoms with Gasteiger partial charge in [0.15, 0.2) is 22.7 Å². The van der Waals surface area contributed by atoms with Crippen molar-refractivity contribution in [2.24, 2.45) is 0 Å². The summed E-state index contributed by atoms with van der Waals surface area (Å²) < 4.78 is 33.5. The molecule has 0 spiro atoms. The highest BCUT2D eigenvalue weighted by molar-refractivity contribution is 6.15. The van der Waals surface area contributed by atoms with E-state index in [-0.39, 0.29) is 46.0 Å². The molecule has 4 aromatic rings. The Labute approximate surface area is 222 Å². The number of rotatable bonds is 5. The molecule has 0 saturated heterocycles. The lowest BCUT2D eigenvalue weighted by Gasteiger charge is -2.25. The number of ketones is 1. The summed E-state index contributed by atoms with van der Waals surface area (Å²) in [6, 6.07) is 13.3. The molecule has 2 aliphatic heterocycles. The number of allylic oxidation sites excluding steroid dienone is 1. The minimum Gasteiger partial charge on any atom is -0.497 e. The van der Waals surface area contributed by atoms with Crippen LogP contribution in [0.3, 0.4) is 0 Å². The van der Waals surface area contributed by atoms with Gasteiger partial charge in [0.25, 0.3) is 0 Å². The van der Waals surface area contributed by atoms with Gasteiger partial charge in [-0.15, -0.1) is 0 Å². The van der Waals surface area contributed by atoms with Gasteiger partial charge in [-0.2, -0.15) is 0 Å². The summed E-state index contributed by atoms with van der Waals surface area (Å²) in [7, 11) is 4.53. The molecular weight excluding hydrogens is 504 g/mol. The van der Waals surface area contributed by atoms with Crippen LogP contribution in [0.1, 0.15) is 39.4 Å². The fourth-order valence-corrected chi connectivity index (χ4v) is 5.03. The first-order valence-corrected chi connectivity index (χ1v) is 12.1. The van der Waals surface area contributed by atoms with E-state index >= 15 is 0 Å². The monoisotopic (exact) mass is 526 g/mol. The van der Waals surface area contributed by atoms with E-state index < -0.39 is 11.9 Å². The van der Waals surface area contributed by atoms with Crippen LogP contribution in [0, 0.1) is 0 Å². The van der Waals surface area contributed by atoms with E-state index in [4.69, 9.17) is 28.1 Å². The lowest BCUT2D eigenvalue weighted by atomic mass is 9.85. The van der Waals surface area contributed by atoms with Crippen molar-refractivity contribution in [2.45, 2.75) is 12.3 Å². The van der Waals surface area contributed by atoms with Gasteiger partial charge in [-0.25, -0.2) is 0 Å². The van der Waals surface area contributed by atoms with Crippen LogP contribution >= 0.6 is 0 Å². The Morgan fingerprint density at radius 2 is 1.77 bits per heavy atom. The zero-order valence-electron chi connectivity index (χ0n) is 21.2. The van der Waals surface area contributed by atoms with Crippen molar-refractivity contribution in [3.05, 3.63) is 93.0 Å². The van der Waals surface area contributed by atoms with Crippen molar-refractivity contribution in [1.82, 2.24) is 0 Å². The van der Waals surface area contributed by atoms with E-state index in [1.165, 1.54) is 27.6 Å². The van der Waals surface area contributed by atoms with Crippen LogP contribution in [-0.4, -0.2) is 33.1 Å². The Hall–Kier alpha value is -5.05. The average molecular weight is 526 g/mol. The number of Topliss-reactive ketones (excluding diaryl/α,β-unsaturated/α-hetero) is 1. The maximum Gasteiger partial charge on any atom is 0.312 e. The fraction of sp³-hybridized carbons (Fsp3) is 0.167. The van der Waals surface area contributed by atoms with Gasteiger partial charge in [0.1, 0.15) is 22.8 Å². The molecule has 1 atom stereocenters. The normalized spacial score (nSPS) is 16.9. The smallest absolute Gasteiger partial charge is 0.312 e.